The van der Waals surface area contributed by atoms with Crippen LogP contribution < -0.4 is 16.2 Å². The van der Waals surface area contributed by atoms with Gasteiger partial charge in [0.1, 0.15) is 11.6 Å². The normalized spacial score (nSPS) is 23.0. The molecule has 6 heteroatoms. The van der Waals surface area contributed by atoms with Crippen molar-refractivity contribution < 1.29 is 4.74 Å². The van der Waals surface area contributed by atoms with E-state index < -0.39 is 0 Å². The van der Waals surface area contributed by atoms with Gasteiger partial charge in [0.15, 0.2) is 0 Å². The summed E-state index contributed by atoms with van der Waals surface area (Å²) < 4.78 is 7.57. The summed E-state index contributed by atoms with van der Waals surface area (Å²) in [4.78, 5) is 20.5. The van der Waals surface area contributed by atoms with Gasteiger partial charge in [-0.05, 0) is 56.5 Å². The van der Waals surface area contributed by atoms with Gasteiger partial charge in [-0.2, -0.15) is 0 Å². The monoisotopic (exact) mass is 418 g/mol. The second-order valence-corrected chi connectivity index (χ2v) is 9.17. The van der Waals surface area contributed by atoms with Crippen molar-refractivity contribution in [3.63, 3.8) is 0 Å². The van der Waals surface area contributed by atoms with Gasteiger partial charge in [-0.15, -0.1) is 0 Å². The number of rotatable bonds is 2. The standard InChI is InChI=1S/C25H30N4O2/c1-16-23(28-12-10-25(11-13-28)15-31-17(2)22(25)26)27-18(3)29(24(16)30)21-9-8-19-6-4-5-7-20(19)14-21/h4-9,14,17,22H,10-13,15,26H2,1-3H3/t17-,22+/m0/s1. The Morgan fingerprint density at radius 3 is 2.48 bits per heavy atom. The number of ether oxygens (including phenoxy) is 1. The minimum atomic E-state index is -0.00686. The molecule has 2 saturated heterocycles. The summed E-state index contributed by atoms with van der Waals surface area (Å²) in [5.74, 6) is 1.51. The highest BCUT2D eigenvalue weighted by Crippen LogP contribution is 2.42. The van der Waals surface area contributed by atoms with Gasteiger partial charge in [-0.1, -0.05) is 30.3 Å². The molecule has 3 heterocycles. The average Bonchev–Trinajstić information content (AvgIpc) is 3.05. The third-order valence-electron chi connectivity index (χ3n) is 7.35. The van der Waals surface area contributed by atoms with Crippen molar-refractivity contribution in [2.45, 2.75) is 45.8 Å². The van der Waals surface area contributed by atoms with Crippen LogP contribution in [0.2, 0.25) is 0 Å². The van der Waals surface area contributed by atoms with E-state index in [1.807, 2.05) is 32.0 Å². The van der Waals surface area contributed by atoms with Gasteiger partial charge in [0, 0.05) is 24.5 Å². The first-order valence-electron chi connectivity index (χ1n) is 11.1. The second kappa shape index (κ2) is 7.46. The first-order valence-corrected chi connectivity index (χ1v) is 11.1. The molecule has 2 aliphatic rings. The molecular formula is C25H30N4O2. The van der Waals surface area contributed by atoms with Gasteiger partial charge < -0.3 is 15.4 Å². The van der Waals surface area contributed by atoms with Crippen molar-refractivity contribution in [1.82, 2.24) is 9.55 Å². The number of hydrogen-bond donors (Lipinski definition) is 1. The van der Waals surface area contributed by atoms with Gasteiger partial charge in [0.2, 0.25) is 0 Å². The molecule has 2 fully saturated rings. The molecule has 3 aromatic rings. The summed E-state index contributed by atoms with van der Waals surface area (Å²) in [5, 5.41) is 2.27. The zero-order valence-electron chi connectivity index (χ0n) is 18.5. The van der Waals surface area contributed by atoms with Gasteiger partial charge in [0.25, 0.3) is 5.56 Å². The van der Waals surface area contributed by atoms with E-state index in [1.54, 1.807) is 4.57 Å². The van der Waals surface area contributed by atoms with Crippen molar-refractivity contribution in [3.05, 3.63) is 64.2 Å². The molecular weight excluding hydrogens is 388 g/mol. The van der Waals surface area contributed by atoms with E-state index in [1.165, 1.54) is 0 Å². The second-order valence-electron chi connectivity index (χ2n) is 9.17. The number of hydrogen-bond acceptors (Lipinski definition) is 5. The maximum Gasteiger partial charge on any atom is 0.263 e. The van der Waals surface area contributed by atoms with Crippen LogP contribution in [0.1, 0.15) is 31.2 Å². The topological polar surface area (TPSA) is 73.4 Å². The van der Waals surface area contributed by atoms with E-state index >= 15 is 0 Å². The molecule has 0 unspecified atom stereocenters. The number of nitrogens with zero attached hydrogens (tertiary/aromatic N) is 3. The maximum absolute atomic E-state index is 13.4. The quantitative estimate of drug-likeness (QED) is 0.691. The van der Waals surface area contributed by atoms with Crippen molar-refractivity contribution in [2.75, 3.05) is 24.6 Å². The van der Waals surface area contributed by atoms with Crippen LogP contribution in [0.3, 0.4) is 0 Å². The molecule has 6 nitrogen and oxygen atoms in total. The number of aromatic nitrogens is 2. The summed E-state index contributed by atoms with van der Waals surface area (Å²) in [6.45, 7) is 8.28. The molecule has 0 saturated carbocycles. The molecule has 1 spiro atoms. The Hall–Kier alpha value is -2.70. The summed E-state index contributed by atoms with van der Waals surface area (Å²) in [6, 6.07) is 14.3. The molecule has 162 valence electrons. The number of aryl methyl sites for hydroxylation is 1. The van der Waals surface area contributed by atoms with Crippen molar-refractivity contribution in [2.24, 2.45) is 11.1 Å². The Morgan fingerprint density at radius 1 is 1.10 bits per heavy atom. The van der Waals surface area contributed by atoms with E-state index in [-0.39, 0.29) is 23.1 Å². The molecule has 0 radical (unpaired) electrons. The van der Waals surface area contributed by atoms with Gasteiger partial charge in [0.05, 0.1) is 24.0 Å². The molecule has 31 heavy (non-hydrogen) atoms. The Kier molecular flexibility index (Phi) is 4.87. The van der Waals surface area contributed by atoms with Crippen LogP contribution in [0.15, 0.2) is 47.3 Å². The summed E-state index contributed by atoms with van der Waals surface area (Å²) in [6.07, 6.45) is 2.04. The highest BCUT2D eigenvalue weighted by atomic mass is 16.5. The predicted octanol–water partition coefficient (Wildman–Crippen LogP) is 3.34. The first kappa shape index (κ1) is 20.2. The third-order valence-corrected chi connectivity index (χ3v) is 7.35. The van der Waals surface area contributed by atoms with E-state index in [0.29, 0.717) is 11.4 Å². The minimum absolute atomic E-state index is 0.00686. The van der Waals surface area contributed by atoms with E-state index in [0.717, 1.165) is 54.8 Å². The van der Waals surface area contributed by atoms with Crippen LogP contribution in [0.4, 0.5) is 5.82 Å². The van der Waals surface area contributed by atoms with Crippen LogP contribution in [0, 0.1) is 19.3 Å². The van der Waals surface area contributed by atoms with Gasteiger partial charge >= 0.3 is 0 Å². The van der Waals surface area contributed by atoms with Crippen molar-refractivity contribution in [3.8, 4) is 5.69 Å². The number of nitrogens with two attached hydrogens (primary N) is 1. The van der Waals surface area contributed by atoms with Gasteiger partial charge in [-0.25, -0.2) is 4.98 Å². The molecule has 0 aliphatic carbocycles. The van der Waals surface area contributed by atoms with E-state index in [4.69, 9.17) is 15.5 Å². The molecule has 0 bridgehead atoms. The zero-order chi connectivity index (χ0) is 21.8. The molecule has 2 N–H and O–H groups in total. The largest absolute Gasteiger partial charge is 0.376 e. The van der Waals surface area contributed by atoms with Crippen LogP contribution in [-0.4, -0.2) is 41.4 Å². The van der Waals surface area contributed by atoms with Crippen molar-refractivity contribution >= 4 is 16.6 Å². The van der Waals surface area contributed by atoms with Crippen molar-refractivity contribution in [1.29, 1.82) is 0 Å². The smallest absolute Gasteiger partial charge is 0.263 e. The Morgan fingerprint density at radius 2 is 1.81 bits per heavy atom. The molecule has 5 rings (SSSR count). The fraction of sp³-hybridized carbons (Fsp3) is 0.440. The van der Waals surface area contributed by atoms with E-state index in [9.17, 15) is 4.79 Å². The van der Waals surface area contributed by atoms with Gasteiger partial charge in [-0.3, -0.25) is 9.36 Å². The van der Waals surface area contributed by atoms with Crippen LogP contribution >= 0.6 is 0 Å². The van der Waals surface area contributed by atoms with E-state index in [2.05, 4.69) is 36.1 Å². The molecule has 2 aromatic carbocycles. The zero-order valence-corrected chi connectivity index (χ0v) is 18.5. The fourth-order valence-electron chi connectivity index (χ4n) is 5.26. The van der Waals surface area contributed by atoms with Crippen LogP contribution in [0.25, 0.3) is 16.5 Å². The lowest BCUT2D eigenvalue weighted by molar-refractivity contribution is 0.0974. The number of fused-ring (bicyclic) bond motifs is 1. The third kappa shape index (κ3) is 3.25. The number of anilines is 1. The average molecular weight is 419 g/mol. The minimum Gasteiger partial charge on any atom is -0.376 e. The number of benzene rings is 2. The fourth-order valence-corrected chi connectivity index (χ4v) is 5.26. The predicted molar refractivity (Wildman–Crippen MR) is 124 cm³/mol. The lowest BCUT2D eigenvalue weighted by atomic mass is 9.73. The van der Waals surface area contributed by atoms with Crippen LogP contribution in [0.5, 0.6) is 0 Å². The first-order chi connectivity index (χ1) is 14.9. The molecule has 1 aromatic heterocycles. The highest BCUT2D eigenvalue weighted by Gasteiger charge is 2.47. The molecule has 0 amide bonds. The highest BCUT2D eigenvalue weighted by molar-refractivity contribution is 5.84. The Labute approximate surface area is 182 Å². The summed E-state index contributed by atoms with van der Waals surface area (Å²) >= 11 is 0. The summed E-state index contributed by atoms with van der Waals surface area (Å²) in [5.41, 5.74) is 8.05. The summed E-state index contributed by atoms with van der Waals surface area (Å²) in [7, 11) is 0. The molecule has 2 aliphatic heterocycles. The molecule has 2 atom stereocenters. The SMILES string of the molecule is Cc1c(N2CCC3(CC2)CO[C@@H](C)[C@H]3N)nc(C)n(-c2ccc3ccccc3c2)c1=O. The number of piperidine rings is 1. The maximum atomic E-state index is 13.4. The Balaban J connectivity index is 1.46. The lowest BCUT2D eigenvalue weighted by Gasteiger charge is -2.42. The lowest BCUT2D eigenvalue weighted by Crippen LogP contribution is -2.51. The Bertz CT molecular complexity index is 1190. The van der Waals surface area contributed by atoms with Crippen LogP contribution in [-0.2, 0) is 4.74 Å².